The standard InChI is InChI=1S/C6H12N2S4.CH3NOS/c1-7(2)5(9)11-12-6(10)8(3)4;2-1(3)4/h1-4H3;(H3,2,3,4). The highest BCUT2D eigenvalue weighted by Crippen LogP contribution is 2.26. The van der Waals surface area contributed by atoms with E-state index in [-0.39, 0.29) is 0 Å². The molecule has 16 heavy (non-hydrogen) atoms. The Morgan fingerprint density at radius 3 is 1.25 bits per heavy atom. The monoisotopic (exact) mass is 317 g/mol. The molecule has 0 aromatic heterocycles. The lowest BCUT2D eigenvalue weighted by molar-refractivity contribution is 0.560. The molecule has 0 fully saturated rings. The number of aliphatic hydroxyl groups excluding tert-OH is 1. The molecule has 0 saturated heterocycles. The Balaban J connectivity index is 0. The number of aliphatic hydroxyl groups is 1. The molecule has 0 unspecified atom stereocenters. The Bertz CT molecular complexity index is 232. The summed E-state index contributed by atoms with van der Waals surface area (Å²) >= 11 is 14.0. The first-order valence-corrected chi connectivity index (χ1v) is 7.31. The molecule has 0 amide bonds. The first-order valence-electron chi connectivity index (χ1n) is 3.94. The summed E-state index contributed by atoms with van der Waals surface area (Å²) in [6.07, 6.45) is 0. The summed E-state index contributed by atoms with van der Waals surface area (Å²) in [5, 5.41) is 7.06. The van der Waals surface area contributed by atoms with Crippen LogP contribution in [0, 0.1) is 0 Å². The van der Waals surface area contributed by atoms with Gasteiger partial charge in [0, 0.05) is 28.2 Å². The third-order valence-electron chi connectivity index (χ3n) is 0.915. The second-order valence-corrected chi connectivity index (χ2v) is 6.64. The van der Waals surface area contributed by atoms with Crippen LogP contribution in [0.15, 0.2) is 0 Å². The van der Waals surface area contributed by atoms with Crippen LogP contribution in [-0.2, 0) is 0 Å². The van der Waals surface area contributed by atoms with E-state index < -0.39 is 5.17 Å². The number of thiocarbonyl (C=S) groups is 3. The molecule has 0 heterocycles. The molecule has 9 heteroatoms. The Hall–Kier alpha value is 0.170. The molecule has 0 aromatic rings. The maximum Gasteiger partial charge on any atom is 0.251 e. The van der Waals surface area contributed by atoms with Gasteiger partial charge in [-0.3, -0.25) is 0 Å². The molecule has 0 bridgehead atoms. The zero-order chi connectivity index (χ0) is 13.3. The minimum atomic E-state index is -0.500. The number of rotatable bonds is 0. The Labute approximate surface area is 120 Å². The fraction of sp³-hybridized carbons (Fsp3) is 0.571. The van der Waals surface area contributed by atoms with Crippen LogP contribution >= 0.6 is 58.2 Å². The van der Waals surface area contributed by atoms with Gasteiger partial charge < -0.3 is 20.6 Å². The van der Waals surface area contributed by atoms with Crippen LogP contribution in [0.1, 0.15) is 0 Å². The summed E-state index contributed by atoms with van der Waals surface area (Å²) in [6.45, 7) is 0. The van der Waals surface area contributed by atoms with Crippen molar-refractivity contribution in [1.82, 2.24) is 9.80 Å². The number of hydrogen-bond acceptors (Lipinski definition) is 5. The van der Waals surface area contributed by atoms with Crippen molar-refractivity contribution in [3.8, 4) is 0 Å². The second kappa shape index (κ2) is 10.3. The van der Waals surface area contributed by atoms with Crippen LogP contribution in [-0.4, -0.2) is 56.9 Å². The van der Waals surface area contributed by atoms with Crippen molar-refractivity contribution in [3.05, 3.63) is 0 Å². The summed E-state index contributed by atoms with van der Waals surface area (Å²) in [7, 11) is 10.7. The third-order valence-corrected chi connectivity index (χ3v) is 5.07. The van der Waals surface area contributed by atoms with Crippen LogP contribution < -0.4 is 5.73 Å². The summed E-state index contributed by atoms with van der Waals surface area (Å²) in [5.41, 5.74) is 4.40. The minimum absolute atomic E-state index is 0.500. The lowest BCUT2D eigenvalue weighted by Gasteiger charge is -2.15. The van der Waals surface area contributed by atoms with Crippen LogP contribution in [0.5, 0.6) is 0 Å². The van der Waals surface area contributed by atoms with Crippen molar-refractivity contribution >= 4 is 72.1 Å². The van der Waals surface area contributed by atoms with E-state index in [0.717, 1.165) is 8.64 Å². The summed E-state index contributed by atoms with van der Waals surface area (Å²) in [4.78, 5) is 3.79. The number of nitrogens with zero attached hydrogens (tertiary/aromatic N) is 2. The zero-order valence-corrected chi connectivity index (χ0v) is 13.5. The molecule has 0 saturated carbocycles. The number of hydrogen-bond donors (Lipinski definition) is 2. The van der Waals surface area contributed by atoms with Gasteiger partial charge in [0.15, 0.2) is 0 Å². The van der Waals surface area contributed by atoms with Crippen LogP contribution in [0.3, 0.4) is 0 Å². The van der Waals surface area contributed by atoms with Crippen molar-refractivity contribution in [2.45, 2.75) is 0 Å². The normalized spacial score (nSPS) is 8.50. The summed E-state index contributed by atoms with van der Waals surface area (Å²) < 4.78 is 1.67. The van der Waals surface area contributed by atoms with Gasteiger partial charge in [-0.05, 0) is 33.8 Å². The predicted molar refractivity (Wildman–Crippen MR) is 87.2 cm³/mol. The first-order chi connectivity index (χ1) is 7.18. The van der Waals surface area contributed by atoms with Crippen molar-refractivity contribution in [2.75, 3.05) is 28.2 Å². The highest BCUT2D eigenvalue weighted by Gasteiger charge is 2.04. The van der Waals surface area contributed by atoms with E-state index in [1.807, 2.05) is 38.0 Å². The fourth-order valence-electron chi connectivity index (χ4n) is 0.220. The molecule has 0 radical (unpaired) electrons. The summed E-state index contributed by atoms with van der Waals surface area (Å²) in [6, 6.07) is 0. The largest absolute Gasteiger partial charge is 0.487 e. The smallest absolute Gasteiger partial charge is 0.251 e. The van der Waals surface area contributed by atoms with Gasteiger partial charge in [-0.25, -0.2) is 0 Å². The lowest BCUT2D eigenvalue weighted by atomic mass is 11.0. The van der Waals surface area contributed by atoms with E-state index in [1.54, 1.807) is 0 Å². The fourth-order valence-corrected chi connectivity index (χ4v) is 2.60. The molecular formula is C7H15N3OS5. The molecule has 94 valence electrons. The van der Waals surface area contributed by atoms with E-state index in [1.165, 1.54) is 21.6 Å². The van der Waals surface area contributed by atoms with E-state index in [0.29, 0.717) is 0 Å². The molecule has 0 aliphatic carbocycles. The Kier molecular flexibility index (Phi) is 12.0. The number of nitrogens with two attached hydrogens (primary N) is 1. The average Bonchev–Trinajstić information content (AvgIpc) is 2.12. The van der Waals surface area contributed by atoms with Crippen molar-refractivity contribution in [2.24, 2.45) is 5.73 Å². The van der Waals surface area contributed by atoms with Gasteiger partial charge in [-0.15, -0.1) is 0 Å². The van der Waals surface area contributed by atoms with Crippen molar-refractivity contribution < 1.29 is 5.11 Å². The van der Waals surface area contributed by atoms with Gasteiger partial charge in [0.05, 0.1) is 0 Å². The topological polar surface area (TPSA) is 52.7 Å². The van der Waals surface area contributed by atoms with Gasteiger partial charge in [0.25, 0.3) is 5.17 Å². The molecule has 0 spiro atoms. The molecule has 0 aliphatic rings. The highest BCUT2D eigenvalue weighted by molar-refractivity contribution is 8.89. The van der Waals surface area contributed by atoms with E-state index in [4.69, 9.17) is 29.5 Å². The molecule has 0 aliphatic heterocycles. The van der Waals surface area contributed by atoms with Gasteiger partial charge >= 0.3 is 0 Å². The molecule has 0 aromatic carbocycles. The van der Waals surface area contributed by atoms with Crippen molar-refractivity contribution in [1.29, 1.82) is 0 Å². The van der Waals surface area contributed by atoms with Crippen LogP contribution in [0.4, 0.5) is 0 Å². The molecule has 0 atom stereocenters. The highest BCUT2D eigenvalue weighted by atomic mass is 33.1. The molecular weight excluding hydrogens is 302 g/mol. The minimum Gasteiger partial charge on any atom is -0.487 e. The average molecular weight is 318 g/mol. The predicted octanol–water partition coefficient (Wildman–Crippen LogP) is 1.85. The van der Waals surface area contributed by atoms with Crippen molar-refractivity contribution in [3.63, 3.8) is 0 Å². The zero-order valence-electron chi connectivity index (χ0n) is 9.46. The van der Waals surface area contributed by atoms with Gasteiger partial charge in [-0.1, -0.05) is 24.4 Å². The maximum absolute atomic E-state index is 7.56. The van der Waals surface area contributed by atoms with Crippen LogP contribution in [0.25, 0.3) is 0 Å². The SMILES string of the molecule is CN(C)C(=S)SSC(=S)N(C)C.NC(O)=S. The summed E-state index contributed by atoms with van der Waals surface area (Å²) in [5.74, 6) is 0. The Morgan fingerprint density at radius 2 is 1.12 bits per heavy atom. The van der Waals surface area contributed by atoms with Crippen LogP contribution in [0.2, 0.25) is 0 Å². The van der Waals surface area contributed by atoms with E-state index in [2.05, 4.69) is 18.0 Å². The maximum atomic E-state index is 7.56. The van der Waals surface area contributed by atoms with Gasteiger partial charge in [0.2, 0.25) is 0 Å². The van der Waals surface area contributed by atoms with Gasteiger partial charge in [-0.2, -0.15) is 0 Å². The molecule has 3 N–H and O–H groups in total. The Morgan fingerprint density at radius 1 is 0.938 bits per heavy atom. The van der Waals surface area contributed by atoms with E-state index >= 15 is 0 Å². The van der Waals surface area contributed by atoms with E-state index in [9.17, 15) is 0 Å². The lowest BCUT2D eigenvalue weighted by Crippen LogP contribution is -2.18. The quantitative estimate of drug-likeness (QED) is 0.515. The second-order valence-electron chi connectivity index (χ2n) is 2.83. The third kappa shape index (κ3) is 14.2. The molecule has 4 nitrogen and oxygen atoms in total. The first kappa shape index (κ1) is 18.5. The van der Waals surface area contributed by atoms with Gasteiger partial charge in [0.1, 0.15) is 8.64 Å². The molecule has 0 rings (SSSR count).